The largest absolute Gasteiger partial charge is 0.376 e. The molecule has 0 aliphatic carbocycles. The summed E-state index contributed by atoms with van der Waals surface area (Å²) in [6.45, 7) is 0. The second-order valence-electron chi connectivity index (χ2n) is 1.60. The highest BCUT2D eigenvalue weighted by Crippen LogP contribution is 2.06. The van der Waals surface area contributed by atoms with Gasteiger partial charge in [-0.25, -0.2) is 0 Å². The summed E-state index contributed by atoms with van der Waals surface area (Å²) in [5.74, 6) is 2.16. The maximum Gasteiger partial charge on any atom is 0.142 e. The van der Waals surface area contributed by atoms with Gasteiger partial charge in [-0.1, -0.05) is 5.92 Å². The number of aliphatic hydroxyl groups is 1. The number of aromatic amines is 1. The van der Waals surface area contributed by atoms with Gasteiger partial charge in [-0.2, -0.15) is 5.10 Å². The number of rotatable bonds is 1. The van der Waals surface area contributed by atoms with E-state index in [4.69, 9.17) is 11.5 Å². The maximum absolute atomic E-state index is 8.92. The number of aromatic nitrogens is 2. The van der Waals surface area contributed by atoms with Crippen molar-refractivity contribution in [1.82, 2.24) is 10.2 Å². The van der Waals surface area contributed by atoms with Gasteiger partial charge in [0.25, 0.3) is 0 Å². The van der Waals surface area contributed by atoms with Crippen molar-refractivity contribution in [3.05, 3.63) is 18.0 Å². The van der Waals surface area contributed by atoms with Crippen molar-refractivity contribution in [3.8, 4) is 12.3 Å². The van der Waals surface area contributed by atoms with Crippen LogP contribution < -0.4 is 0 Å². The van der Waals surface area contributed by atoms with E-state index < -0.39 is 6.10 Å². The summed E-state index contributed by atoms with van der Waals surface area (Å²) in [7, 11) is 0. The standard InChI is InChI=1S/C6H6N2O/c1-2-6(9)5-3-7-8-4-5/h1,3-4,6,9H,(H,7,8). The Labute approximate surface area is 52.7 Å². The first kappa shape index (κ1) is 5.86. The zero-order valence-electron chi connectivity index (χ0n) is 4.70. The molecule has 1 aromatic heterocycles. The monoisotopic (exact) mass is 122 g/mol. The van der Waals surface area contributed by atoms with E-state index in [1.165, 1.54) is 6.20 Å². The van der Waals surface area contributed by atoms with E-state index in [0.717, 1.165) is 0 Å². The van der Waals surface area contributed by atoms with Crippen molar-refractivity contribution >= 4 is 0 Å². The Kier molecular flexibility index (Phi) is 1.52. The number of nitrogens with zero attached hydrogens (tertiary/aromatic N) is 1. The molecule has 0 aliphatic rings. The molecule has 3 heteroatoms. The highest BCUT2D eigenvalue weighted by molar-refractivity contribution is 5.16. The Morgan fingerprint density at radius 1 is 1.89 bits per heavy atom. The van der Waals surface area contributed by atoms with Gasteiger partial charge in [0, 0.05) is 11.8 Å². The summed E-state index contributed by atoms with van der Waals surface area (Å²) >= 11 is 0. The van der Waals surface area contributed by atoms with Crippen LogP contribution in [0.25, 0.3) is 0 Å². The third-order valence-corrected chi connectivity index (χ3v) is 0.993. The molecule has 0 aliphatic heterocycles. The lowest BCUT2D eigenvalue weighted by atomic mass is 10.2. The summed E-state index contributed by atoms with van der Waals surface area (Å²) in [6.07, 6.45) is 7.14. The second-order valence-corrected chi connectivity index (χ2v) is 1.60. The quantitative estimate of drug-likeness (QED) is 0.518. The molecule has 0 amide bonds. The Morgan fingerprint density at radius 3 is 3.11 bits per heavy atom. The van der Waals surface area contributed by atoms with E-state index >= 15 is 0 Å². The number of aliphatic hydroxyl groups excluding tert-OH is 1. The summed E-state index contributed by atoms with van der Waals surface area (Å²) in [4.78, 5) is 0. The van der Waals surface area contributed by atoms with Crippen molar-refractivity contribution in [1.29, 1.82) is 0 Å². The van der Waals surface area contributed by atoms with E-state index in [1.54, 1.807) is 6.20 Å². The van der Waals surface area contributed by atoms with Crippen molar-refractivity contribution in [3.63, 3.8) is 0 Å². The van der Waals surface area contributed by atoms with E-state index in [2.05, 4.69) is 16.1 Å². The molecule has 0 aromatic carbocycles. The van der Waals surface area contributed by atoms with Crippen LogP contribution in [0.1, 0.15) is 11.7 Å². The smallest absolute Gasteiger partial charge is 0.142 e. The van der Waals surface area contributed by atoms with Gasteiger partial charge in [0.1, 0.15) is 6.10 Å². The third kappa shape index (κ3) is 1.09. The van der Waals surface area contributed by atoms with Gasteiger partial charge >= 0.3 is 0 Å². The Morgan fingerprint density at radius 2 is 2.67 bits per heavy atom. The molecule has 1 heterocycles. The fourth-order valence-corrected chi connectivity index (χ4v) is 0.507. The average Bonchev–Trinajstić information content (AvgIpc) is 2.37. The molecule has 2 N–H and O–H groups in total. The van der Waals surface area contributed by atoms with Crippen LogP contribution in [0.15, 0.2) is 12.4 Å². The van der Waals surface area contributed by atoms with Gasteiger partial charge in [-0.15, -0.1) is 6.42 Å². The Hall–Kier alpha value is -1.27. The van der Waals surface area contributed by atoms with Crippen LogP contribution in [0, 0.1) is 12.3 Å². The first-order valence-corrected chi connectivity index (χ1v) is 2.47. The fourth-order valence-electron chi connectivity index (χ4n) is 0.507. The fraction of sp³-hybridized carbons (Fsp3) is 0.167. The first-order chi connectivity index (χ1) is 4.34. The summed E-state index contributed by atoms with van der Waals surface area (Å²) < 4.78 is 0. The first-order valence-electron chi connectivity index (χ1n) is 2.47. The van der Waals surface area contributed by atoms with Crippen molar-refractivity contribution in [2.75, 3.05) is 0 Å². The highest BCUT2D eigenvalue weighted by atomic mass is 16.3. The normalized spacial score (nSPS) is 12.4. The van der Waals surface area contributed by atoms with Crippen molar-refractivity contribution < 1.29 is 5.11 Å². The van der Waals surface area contributed by atoms with E-state index in [1.807, 2.05) is 0 Å². The lowest BCUT2D eigenvalue weighted by Crippen LogP contribution is -1.88. The van der Waals surface area contributed by atoms with Crippen LogP contribution >= 0.6 is 0 Å². The molecular formula is C6H6N2O. The minimum Gasteiger partial charge on any atom is -0.376 e. The Balaban J connectivity index is 2.80. The minimum atomic E-state index is -0.830. The molecule has 0 saturated carbocycles. The van der Waals surface area contributed by atoms with Crippen LogP contribution in [-0.2, 0) is 0 Å². The molecule has 46 valence electrons. The van der Waals surface area contributed by atoms with E-state index in [-0.39, 0.29) is 0 Å². The molecule has 1 atom stereocenters. The van der Waals surface area contributed by atoms with Crippen LogP contribution in [0.3, 0.4) is 0 Å². The molecule has 1 aromatic rings. The van der Waals surface area contributed by atoms with Crippen molar-refractivity contribution in [2.45, 2.75) is 6.10 Å². The molecule has 0 radical (unpaired) electrons. The third-order valence-electron chi connectivity index (χ3n) is 0.993. The van der Waals surface area contributed by atoms with Crippen LogP contribution in [0.4, 0.5) is 0 Å². The predicted molar refractivity (Wildman–Crippen MR) is 32.4 cm³/mol. The molecule has 0 bridgehead atoms. The van der Waals surface area contributed by atoms with Gasteiger partial charge in [0.2, 0.25) is 0 Å². The van der Waals surface area contributed by atoms with E-state index in [9.17, 15) is 0 Å². The topological polar surface area (TPSA) is 48.9 Å². The molecule has 1 unspecified atom stereocenters. The highest BCUT2D eigenvalue weighted by Gasteiger charge is 2.01. The second kappa shape index (κ2) is 2.33. The molecule has 9 heavy (non-hydrogen) atoms. The molecule has 3 nitrogen and oxygen atoms in total. The van der Waals surface area contributed by atoms with Gasteiger partial charge in [0.15, 0.2) is 0 Å². The summed E-state index contributed by atoms with van der Waals surface area (Å²) in [6, 6.07) is 0. The zero-order chi connectivity index (χ0) is 6.69. The van der Waals surface area contributed by atoms with Gasteiger partial charge in [0.05, 0.1) is 6.20 Å². The number of hydrogen-bond donors (Lipinski definition) is 2. The average molecular weight is 122 g/mol. The molecule has 0 fully saturated rings. The van der Waals surface area contributed by atoms with Crippen LogP contribution in [0.2, 0.25) is 0 Å². The molecule has 0 spiro atoms. The van der Waals surface area contributed by atoms with E-state index in [0.29, 0.717) is 5.56 Å². The lowest BCUT2D eigenvalue weighted by molar-refractivity contribution is 0.238. The SMILES string of the molecule is C#CC(O)c1cn[nH]c1. The van der Waals surface area contributed by atoms with Gasteiger partial charge in [-0.05, 0) is 0 Å². The zero-order valence-corrected chi connectivity index (χ0v) is 4.70. The number of hydrogen-bond acceptors (Lipinski definition) is 2. The summed E-state index contributed by atoms with van der Waals surface area (Å²) in [5, 5.41) is 15.1. The number of nitrogens with one attached hydrogen (secondary N) is 1. The number of H-pyrrole nitrogens is 1. The van der Waals surface area contributed by atoms with Crippen molar-refractivity contribution in [2.24, 2.45) is 0 Å². The Bertz CT molecular complexity index is 209. The van der Waals surface area contributed by atoms with Crippen LogP contribution in [0.5, 0.6) is 0 Å². The minimum absolute atomic E-state index is 0.623. The maximum atomic E-state index is 8.92. The van der Waals surface area contributed by atoms with Crippen LogP contribution in [-0.4, -0.2) is 15.3 Å². The predicted octanol–water partition coefficient (Wildman–Crippen LogP) is 0.0763. The molecular weight excluding hydrogens is 116 g/mol. The summed E-state index contributed by atoms with van der Waals surface area (Å²) in [5.41, 5.74) is 0.623. The molecule has 1 rings (SSSR count). The lowest BCUT2D eigenvalue weighted by Gasteiger charge is -1.93. The van der Waals surface area contributed by atoms with Gasteiger partial charge in [-0.3, -0.25) is 5.10 Å². The van der Waals surface area contributed by atoms with Gasteiger partial charge < -0.3 is 5.11 Å². The molecule has 0 saturated heterocycles. The number of terminal acetylenes is 1.